The van der Waals surface area contributed by atoms with Crippen molar-refractivity contribution in [3.8, 4) is 0 Å². The fourth-order valence-corrected chi connectivity index (χ4v) is 1.04. The first-order chi connectivity index (χ1) is 6.04. The molecule has 1 aromatic rings. The van der Waals surface area contributed by atoms with Gasteiger partial charge in [-0.05, 0) is 19.1 Å². The molecule has 0 aromatic carbocycles. The second-order valence-corrected chi connectivity index (χ2v) is 4.08. The Kier molecular flexibility index (Phi) is 2.81. The Morgan fingerprint density at radius 3 is 2.46 bits per heavy atom. The van der Waals surface area contributed by atoms with Crippen molar-refractivity contribution in [1.82, 2.24) is 9.97 Å². The molecule has 0 spiro atoms. The van der Waals surface area contributed by atoms with Crippen LogP contribution in [0.2, 0.25) is 0 Å². The van der Waals surface area contributed by atoms with Gasteiger partial charge < -0.3 is 0 Å². The molecule has 13 heavy (non-hydrogen) atoms. The summed E-state index contributed by atoms with van der Waals surface area (Å²) in [5.74, 6) is 0. The van der Waals surface area contributed by atoms with E-state index in [1.54, 1.807) is 6.33 Å². The van der Waals surface area contributed by atoms with Crippen LogP contribution in [0.1, 0.15) is 39.1 Å². The van der Waals surface area contributed by atoms with E-state index < -0.39 is 0 Å². The van der Waals surface area contributed by atoms with Gasteiger partial charge in [0.05, 0.1) is 5.69 Å². The zero-order valence-corrected chi connectivity index (χ0v) is 8.70. The lowest BCUT2D eigenvalue weighted by molar-refractivity contribution is 0.566. The SMILES string of the molecule is CC=Cc1cc(C(C)(C)C)ncn1. The third-order valence-electron chi connectivity index (χ3n) is 1.79. The molecule has 0 saturated carbocycles. The molecule has 1 heterocycles. The highest BCUT2D eigenvalue weighted by Gasteiger charge is 2.15. The smallest absolute Gasteiger partial charge is 0.116 e. The molecule has 2 heteroatoms. The molecule has 1 rings (SSSR count). The number of rotatable bonds is 1. The first-order valence-electron chi connectivity index (χ1n) is 4.49. The molecule has 0 amide bonds. The standard InChI is InChI=1S/C11H16N2/c1-5-6-9-7-10(11(2,3)4)13-8-12-9/h5-8H,1-4H3. The maximum atomic E-state index is 4.25. The second kappa shape index (κ2) is 3.69. The van der Waals surface area contributed by atoms with Gasteiger partial charge in [0.15, 0.2) is 0 Å². The Morgan fingerprint density at radius 2 is 1.92 bits per heavy atom. The molecule has 0 N–H and O–H groups in total. The third kappa shape index (κ3) is 2.65. The molecule has 2 nitrogen and oxygen atoms in total. The van der Waals surface area contributed by atoms with E-state index in [9.17, 15) is 0 Å². The van der Waals surface area contributed by atoms with Crippen LogP contribution >= 0.6 is 0 Å². The second-order valence-electron chi connectivity index (χ2n) is 4.08. The number of allylic oxidation sites excluding steroid dienone is 1. The van der Waals surface area contributed by atoms with Gasteiger partial charge in [-0.2, -0.15) is 0 Å². The van der Waals surface area contributed by atoms with Crippen LogP contribution in [0.4, 0.5) is 0 Å². The van der Waals surface area contributed by atoms with Crippen LogP contribution in [0.15, 0.2) is 18.5 Å². The highest BCUT2D eigenvalue weighted by atomic mass is 14.8. The molecule has 0 unspecified atom stereocenters. The number of hydrogen-bond acceptors (Lipinski definition) is 2. The van der Waals surface area contributed by atoms with Crippen molar-refractivity contribution in [3.63, 3.8) is 0 Å². The summed E-state index contributed by atoms with van der Waals surface area (Å²) in [6.07, 6.45) is 5.58. The van der Waals surface area contributed by atoms with Crippen LogP contribution in [-0.4, -0.2) is 9.97 Å². The molecular weight excluding hydrogens is 160 g/mol. The van der Waals surface area contributed by atoms with Gasteiger partial charge in [-0.25, -0.2) is 9.97 Å². The number of nitrogens with zero attached hydrogens (tertiary/aromatic N) is 2. The van der Waals surface area contributed by atoms with Gasteiger partial charge >= 0.3 is 0 Å². The lowest BCUT2D eigenvalue weighted by atomic mass is 9.91. The predicted molar refractivity (Wildman–Crippen MR) is 55.4 cm³/mol. The van der Waals surface area contributed by atoms with Crippen LogP contribution in [0.3, 0.4) is 0 Å². The van der Waals surface area contributed by atoms with Crippen molar-refractivity contribution < 1.29 is 0 Å². The van der Waals surface area contributed by atoms with Gasteiger partial charge in [0.25, 0.3) is 0 Å². The average molecular weight is 176 g/mol. The van der Waals surface area contributed by atoms with Gasteiger partial charge in [0.2, 0.25) is 0 Å². The summed E-state index contributed by atoms with van der Waals surface area (Å²) in [5, 5.41) is 0. The van der Waals surface area contributed by atoms with Gasteiger partial charge in [0.1, 0.15) is 6.33 Å². The summed E-state index contributed by atoms with van der Waals surface area (Å²) in [7, 11) is 0. The van der Waals surface area contributed by atoms with Crippen LogP contribution in [0.25, 0.3) is 6.08 Å². The minimum absolute atomic E-state index is 0.0965. The zero-order valence-electron chi connectivity index (χ0n) is 8.70. The fraction of sp³-hybridized carbons (Fsp3) is 0.455. The highest BCUT2D eigenvalue weighted by molar-refractivity contribution is 5.44. The van der Waals surface area contributed by atoms with E-state index in [1.807, 2.05) is 25.1 Å². The maximum Gasteiger partial charge on any atom is 0.116 e. The van der Waals surface area contributed by atoms with Crippen LogP contribution in [0.5, 0.6) is 0 Å². The minimum atomic E-state index is 0.0965. The Bertz CT molecular complexity index is 308. The Balaban J connectivity index is 3.05. The van der Waals surface area contributed by atoms with Crippen LogP contribution in [0, 0.1) is 0 Å². The molecule has 70 valence electrons. The molecule has 0 aliphatic rings. The summed E-state index contributed by atoms with van der Waals surface area (Å²) in [5.41, 5.74) is 2.15. The zero-order chi connectivity index (χ0) is 9.90. The highest BCUT2D eigenvalue weighted by Crippen LogP contribution is 2.19. The van der Waals surface area contributed by atoms with E-state index in [-0.39, 0.29) is 5.41 Å². The first-order valence-corrected chi connectivity index (χ1v) is 4.49. The molecule has 0 radical (unpaired) electrons. The van der Waals surface area contributed by atoms with Gasteiger partial charge in [-0.3, -0.25) is 0 Å². The quantitative estimate of drug-likeness (QED) is 0.657. The Morgan fingerprint density at radius 1 is 1.23 bits per heavy atom. The number of aromatic nitrogens is 2. The average Bonchev–Trinajstić information content (AvgIpc) is 2.04. The largest absolute Gasteiger partial charge is 0.241 e. The van der Waals surface area contributed by atoms with E-state index in [0.29, 0.717) is 0 Å². The number of hydrogen-bond donors (Lipinski definition) is 0. The van der Waals surface area contributed by atoms with Crippen molar-refractivity contribution in [2.75, 3.05) is 0 Å². The summed E-state index contributed by atoms with van der Waals surface area (Å²) >= 11 is 0. The van der Waals surface area contributed by atoms with E-state index >= 15 is 0 Å². The molecule has 0 aliphatic heterocycles. The van der Waals surface area contributed by atoms with Crippen molar-refractivity contribution in [3.05, 3.63) is 29.9 Å². The van der Waals surface area contributed by atoms with E-state index in [2.05, 4.69) is 30.7 Å². The summed E-state index contributed by atoms with van der Waals surface area (Å²) in [6, 6.07) is 2.03. The van der Waals surface area contributed by atoms with E-state index in [1.165, 1.54) is 0 Å². The topological polar surface area (TPSA) is 25.8 Å². The molecule has 1 aromatic heterocycles. The van der Waals surface area contributed by atoms with Crippen molar-refractivity contribution in [2.45, 2.75) is 33.1 Å². The van der Waals surface area contributed by atoms with Crippen molar-refractivity contribution in [2.24, 2.45) is 0 Å². The van der Waals surface area contributed by atoms with Gasteiger partial charge in [-0.1, -0.05) is 26.8 Å². The summed E-state index contributed by atoms with van der Waals surface area (Å²) in [4.78, 5) is 8.39. The molecule has 0 fully saturated rings. The lowest BCUT2D eigenvalue weighted by Gasteiger charge is -2.17. The molecule has 0 bridgehead atoms. The summed E-state index contributed by atoms with van der Waals surface area (Å²) in [6.45, 7) is 8.43. The predicted octanol–water partition coefficient (Wildman–Crippen LogP) is 2.81. The first kappa shape index (κ1) is 9.90. The van der Waals surface area contributed by atoms with Gasteiger partial charge in [-0.15, -0.1) is 0 Å². The summed E-state index contributed by atoms with van der Waals surface area (Å²) < 4.78 is 0. The Labute approximate surface area is 79.7 Å². The molecule has 0 aliphatic carbocycles. The van der Waals surface area contributed by atoms with Crippen LogP contribution < -0.4 is 0 Å². The lowest BCUT2D eigenvalue weighted by Crippen LogP contribution is -2.13. The molecule has 0 saturated heterocycles. The minimum Gasteiger partial charge on any atom is -0.241 e. The monoisotopic (exact) mass is 176 g/mol. The van der Waals surface area contributed by atoms with Crippen LogP contribution in [-0.2, 0) is 5.41 Å². The van der Waals surface area contributed by atoms with E-state index in [0.717, 1.165) is 11.4 Å². The van der Waals surface area contributed by atoms with E-state index in [4.69, 9.17) is 0 Å². The normalized spacial score (nSPS) is 12.3. The third-order valence-corrected chi connectivity index (χ3v) is 1.79. The van der Waals surface area contributed by atoms with Gasteiger partial charge in [0, 0.05) is 11.1 Å². The Hall–Kier alpha value is -1.18. The fourth-order valence-electron chi connectivity index (χ4n) is 1.04. The van der Waals surface area contributed by atoms with Crippen molar-refractivity contribution >= 4 is 6.08 Å². The molecular formula is C11H16N2. The van der Waals surface area contributed by atoms with Crippen molar-refractivity contribution in [1.29, 1.82) is 0 Å². The molecule has 0 atom stereocenters. The maximum absolute atomic E-state index is 4.25.